The first kappa shape index (κ1) is 19.9. The number of amides is 2. The summed E-state index contributed by atoms with van der Waals surface area (Å²) in [5.41, 5.74) is 5.86. The number of hydrogen-bond donors (Lipinski definition) is 2. The van der Waals surface area contributed by atoms with Crippen molar-refractivity contribution in [2.24, 2.45) is 5.73 Å². The number of halogens is 3. The van der Waals surface area contributed by atoms with Crippen LogP contribution >= 0.6 is 28.3 Å². The fraction of sp³-hybridized carbons (Fsp3) is 0.467. The van der Waals surface area contributed by atoms with Gasteiger partial charge in [0.1, 0.15) is 5.82 Å². The second-order valence-corrected chi connectivity index (χ2v) is 6.10. The molecule has 2 rings (SSSR count). The predicted octanol–water partition coefficient (Wildman–Crippen LogP) is 2.08. The van der Waals surface area contributed by atoms with E-state index in [9.17, 15) is 14.0 Å². The van der Waals surface area contributed by atoms with E-state index >= 15 is 0 Å². The van der Waals surface area contributed by atoms with Gasteiger partial charge in [0.15, 0.2) is 0 Å². The van der Waals surface area contributed by atoms with Crippen LogP contribution in [0.2, 0.25) is 0 Å². The lowest BCUT2D eigenvalue weighted by Gasteiger charge is -2.23. The van der Waals surface area contributed by atoms with Crippen LogP contribution in [0.15, 0.2) is 22.7 Å². The molecule has 1 aliphatic rings. The molecule has 1 aromatic rings. The summed E-state index contributed by atoms with van der Waals surface area (Å²) in [6.07, 6.45) is 2.12. The molecular formula is C15H20BrClFN3O2. The van der Waals surface area contributed by atoms with Gasteiger partial charge < -0.3 is 16.0 Å². The van der Waals surface area contributed by atoms with E-state index in [1.807, 2.05) is 0 Å². The van der Waals surface area contributed by atoms with Crippen molar-refractivity contribution in [3.63, 3.8) is 0 Å². The van der Waals surface area contributed by atoms with Crippen molar-refractivity contribution in [3.8, 4) is 0 Å². The van der Waals surface area contributed by atoms with Gasteiger partial charge in [-0.1, -0.05) is 0 Å². The van der Waals surface area contributed by atoms with E-state index in [-0.39, 0.29) is 42.9 Å². The van der Waals surface area contributed by atoms with Crippen LogP contribution in [0.5, 0.6) is 0 Å². The zero-order valence-electron chi connectivity index (χ0n) is 12.6. The zero-order valence-corrected chi connectivity index (χ0v) is 15.0. The highest BCUT2D eigenvalue weighted by Gasteiger charge is 2.27. The lowest BCUT2D eigenvalue weighted by Crippen LogP contribution is -2.41. The first-order valence-corrected chi connectivity index (χ1v) is 8.05. The van der Waals surface area contributed by atoms with Crippen molar-refractivity contribution in [2.45, 2.75) is 25.3 Å². The van der Waals surface area contributed by atoms with Crippen molar-refractivity contribution >= 4 is 40.2 Å². The summed E-state index contributed by atoms with van der Waals surface area (Å²) in [5, 5.41) is 2.64. The molecule has 1 saturated heterocycles. The van der Waals surface area contributed by atoms with Gasteiger partial charge in [0, 0.05) is 36.6 Å². The van der Waals surface area contributed by atoms with Gasteiger partial charge in [-0.3, -0.25) is 9.59 Å². The molecule has 1 heterocycles. The molecule has 0 aliphatic carbocycles. The van der Waals surface area contributed by atoms with Crippen LogP contribution in [-0.2, 0) is 4.79 Å². The molecule has 8 heteroatoms. The number of nitrogens with one attached hydrogen (secondary N) is 1. The van der Waals surface area contributed by atoms with E-state index < -0.39 is 11.7 Å². The molecule has 0 spiro atoms. The van der Waals surface area contributed by atoms with Gasteiger partial charge in [-0.2, -0.15) is 0 Å². The number of carbonyl (C=O) groups excluding carboxylic acids is 2. The zero-order chi connectivity index (χ0) is 16.1. The molecule has 1 aromatic carbocycles. The van der Waals surface area contributed by atoms with Crippen LogP contribution < -0.4 is 11.1 Å². The topological polar surface area (TPSA) is 75.4 Å². The summed E-state index contributed by atoms with van der Waals surface area (Å²) >= 11 is 3.21. The maximum Gasteiger partial charge on any atom is 0.252 e. The number of carbonyl (C=O) groups is 2. The molecule has 0 saturated carbocycles. The third kappa shape index (κ3) is 5.16. The molecule has 1 fully saturated rings. The molecule has 128 valence electrons. The Morgan fingerprint density at radius 2 is 2.17 bits per heavy atom. The average molecular weight is 409 g/mol. The van der Waals surface area contributed by atoms with Crippen molar-refractivity contribution in [1.29, 1.82) is 0 Å². The molecule has 1 atom stereocenters. The fourth-order valence-electron chi connectivity index (χ4n) is 2.60. The SMILES string of the molecule is Cl.NCC1CCCN1C(=O)CCNC(=O)c1cc(F)ccc1Br. The van der Waals surface area contributed by atoms with Crippen molar-refractivity contribution in [1.82, 2.24) is 10.2 Å². The van der Waals surface area contributed by atoms with E-state index in [1.54, 1.807) is 4.90 Å². The number of nitrogens with two attached hydrogens (primary N) is 1. The summed E-state index contributed by atoms with van der Waals surface area (Å²) in [6.45, 7) is 1.41. The Morgan fingerprint density at radius 1 is 1.43 bits per heavy atom. The number of likely N-dealkylation sites (tertiary alicyclic amines) is 1. The highest BCUT2D eigenvalue weighted by molar-refractivity contribution is 9.10. The Labute approximate surface area is 149 Å². The lowest BCUT2D eigenvalue weighted by molar-refractivity contribution is -0.131. The van der Waals surface area contributed by atoms with Crippen LogP contribution in [0.3, 0.4) is 0 Å². The quantitative estimate of drug-likeness (QED) is 0.783. The van der Waals surface area contributed by atoms with Gasteiger partial charge in [-0.05, 0) is 47.0 Å². The molecular weight excluding hydrogens is 389 g/mol. The van der Waals surface area contributed by atoms with Gasteiger partial charge in [-0.25, -0.2) is 4.39 Å². The van der Waals surface area contributed by atoms with E-state index in [1.165, 1.54) is 12.1 Å². The first-order valence-electron chi connectivity index (χ1n) is 7.25. The van der Waals surface area contributed by atoms with Crippen molar-refractivity contribution in [2.75, 3.05) is 19.6 Å². The lowest BCUT2D eigenvalue weighted by atomic mass is 10.2. The predicted molar refractivity (Wildman–Crippen MR) is 92.1 cm³/mol. The number of rotatable bonds is 5. The second-order valence-electron chi connectivity index (χ2n) is 5.25. The van der Waals surface area contributed by atoms with Crippen molar-refractivity contribution in [3.05, 3.63) is 34.1 Å². The molecule has 0 bridgehead atoms. The van der Waals surface area contributed by atoms with Crippen LogP contribution in [0.4, 0.5) is 4.39 Å². The van der Waals surface area contributed by atoms with E-state index in [2.05, 4.69) is 21.2 Å². The van der Waals surface area contributed by atoms with E-state index in [4.69, 9.17) is 5.73 Å². The maximum atomic E-state index is 13.2. The van der Waals surface area contributed by atoms with Crippen LogP contribution in [-0.4, -0.2) is 42.4 Å². The summed E-state index contributed by atoms with van der Waals surface area (Å²) in [4.78, 5) is 25.9. The van der Waals surface area contributed by atoms with Crippen LogP contribution in [0.25, 0.3) is 0 Å². The Hall–Kier alpha value is -1.18. The van der Waals surface area contributed by atoms with Gasteiger partial charge >= 0.3 is 0 Å². The third-order valence-electron chi connectivity index (χ3n) is 3.77. The Bertz CT molecular complexity index is 574. The normalized spacial score (nSPS) is 16.8. The Kier molecular flexibility index (Phi) is 7.94. The maximum absolute atomic E-state index is 13.2. The minimum atomic E-state index is -0.479. The molecule has 2 amide bonds. The highest BCUT2D eigenvalue weighted by Crippen LogP contribution is 2.18. The summed E-state index contributed by atoms with van der Waals surface area (Å²) < 4.78 is 13.7. The Balaban J connectivity index is 0.00000264. The minimum Gasteiger partial charge on any atom is -0.351 e. The van der Waals surface area contributed by atoms with Gasteiger partial charge in [-0.15, -0.1) is 12.4 Å². The van der Waals surface area contributed by atoms with E-state index in [0.717, 1.165) is 25.5 Å². The fourth-order valence-corrected chi connectivity index (χ4v) is 3.03. The molecule has 1 unspecified atom stereocenters. The molecule has 5 nitrogen and oxygen atoms in total. The smallest absolute Gasteiger partial charge is 0.252 e. The van der Waals surface area contributed by atoms with E-state index in [0.29, 0.717) is 11.0 Å². The number of hydrogen-bond acceptors (Lipinski definition) is 3. The molecule has 3 N–H and O–H groups in total. The van der Waals surface area contributed by atoms with Crippen molar-refractivity contribution < 1.29 is 14.0 Å². The standard InChI is InChI=1S/C15H19BrFN3O2.ClH/c16-13-4-3-10(17)8-12(13)15(22)19-6-5-14(21)20-7-1-2-11(20)9-18;/h3-4,8,11H,1-2,5-7,9,18H2,(H,19,22);1H. The third-order valence-corrected chi connectivity index (χ3v) is 4.46. The minimum absolute atomic E-state index is 0. The van der Waals surface area contributed by atoms with Gasteiger partial charge in [0.2, 0.25) is 5.91 Å². The Morgan fingerprint density at radius 3 is 2.87 bits per heavy atom. The first-order chi connectivity index (χ1) is 10.5. The molecule has 0 aromatic heterocycles. The van der Waals surface area contributed by atoms with Crippen LogP contribution in [0.1, 0.15) is 29.6 Å². The van der Waals surface area contributed by atoms with Crippen LogP contribution in [0, 0.1) is 5.82 Å². The molecule has 0 radical (unpaired) electrons. The monoisotopic (exact) mass is 407 g/mol. The largest absolute Gasteiger partial charge is 0.351 e. The summed E-state index contributed by atoms with van der Waals surface area (Å²) in [5.74, 6) is -0.894. The molecule has 23 heavy (non-hydrogen) atoms. The summed E-state index contributed by atoms with van der Waals surface area (Å²) in [7, 11) is 0. The average Bonchev–Trinajstić information content (AvgIpc) is 2.98. The van der Waals surface area contributed by atoms with Gasteiger partial charge in [0.25, 0.3) is 5.91 Å². The summed E-state index contributed by atoms with van der Waals surface area (Å²) in [6, 6.07) is 4.02. The number of benzene rings is 1. The highest BCUT2D eigenvalue weighted by atomic mass is 79.9. The van der Waals surface area contributed by atoms with Gasteiger partial charge in [0.05, 0.1) is 5.56 Å². The number of nitrogens with zero attached hydrogens (tertiary/aromatic N) is 1. The second kappa shape index (κ2) is 9.20. The molecule has 1 aliphatic heterocycles.